The van der Waals surface area contributed by atoms with Crippen LogP contribution in [0.1, 0.15) is 106 Å². The number of para-hydroxylation sites is 1. The van der Waals surface area contributed by atoms with Crippen molar-refractivity contribution in [3.8, 4) is 22.3 Å². The minimum absolute atomic E-state index is 0.0733. The fraction of sp³-hybridized carbons (Fsp3) is 0.348. The molecule has 0 aliphatic heterocycles. The molecule has 9 rings (SSSR count). The Morgan fingerprint density at radius 2 is 1.34 bits per heavy atom. The van der Waals surface area contributed by atoms with E-state index in [0.717, 1.165) is 17.8 Å². The smallest absolute Gasteiger partial charge is 0.0496 e. The zero-order valence-electron chi connectivity index (χ0n) is 28.1. The zero-order chi connectivity index (χ0) is 31.5. The Kier molecular flexibility index (Phi) is 7.14. The van der Waals surface area contributed by atoms with E-state index in [1.54, 1.807) is 5.56 Å². The van der Waals surface area contributed by atoms with E-state index in [1.807, 2.05) is 0 Å². The van der Waals surface area contributed by atoms with E-state index < -0.39 is 0 Å². The van der Waals surface area contributed by atoms with Gasteiger partial charge >= 0.3 is 0 Å². The Morgan fingerprint density at radius 3 is 2.11 bits per heavy atom. The fourth-order valence-corrected chi connectivity index (χ4v) is 10.1. The van der Waals surface area contributed by atoms with Crippen molar-refractivity contribution in [2.45, 2.75) is 88.9 Å². The van der Waals surface area contributed by atoms with E-state index >= 15 is 0 Å². The van der Waals surface area contributed by atoms with E-state index in [9.17, 15) is 0 Å². The first kappa shape index (κ1) is 29.1. The highest BCUT2D eigenvalue weighted by Crippen LogP contribution is 2.54. The molecule has 1 heteroatoms. The van der Waals surface area contributed by atoms with Gasteiger partial charge in [0, 0.05) is 22.5 Å². The van der Waals surface area contributed by atoms with Gasteiger partial charge in [-0.15, -0.1) is 0 Å². The van der Waals surface area contributed by atoms with E-state index in [0.29, 0.717) is 5.92 Å². The average Bonchev–Trinajstić information content (AvgIpc) is 3.82. The lowest BCUT2D eigenvalue weighted by Gasteiger charge is -2.33. The highest BCUT2D eigenvalue weighted by molar-refractivity contribution is 5.88. The molecule has 0 aromatic heterocycles. The van der Waals surface area contributed by atoms with Crippen LogP contribution in [-0.4, -0.2) is 0 Å². The third-order valence-corrected chi connectivity index (χ3v) is 12.6. The molecule has 5 aromatic carbocycles. The summed E-state index contributed by atoms with van der Waals surface area (Å²) in [6, 6.07) is 44.3. The van der Waals surface area contributed by atoms with Crippen LogP contribution in [0.2, 0.25) is 0 Å². The highest BCUT2D eigenvalue weighted by Gasteiger charge is 2.40. The molecule has 4 aliphatic carbocycles. The number of benzene rings is 5. The second kappa shape index (κ2) is 11.6. The van der Waals surface area contributed by atoms with Gasteiger partial charge in [0.05, 0.1) is 0 Å². The largest absolute Gasteiger partial charge is 0.310 e. The van der Waals surface area contributed by atoms with Crippen molar-refractivity contribution in [3.05, 3.63) is 138 Å². The monoisotopic (exact) mass is 613 g/mol. The van der Waals surface area contributed by atoms with Gasteiger partial charge in [-0.25, -0.2) is 0 Å². The van der Waals surface area contributed by atoms with Crippen LogP contribution in [0.4, 0.5) is 17.1 Å². The van der Waals surface area contributed by atoms with E-state index in [4.69, 9.17) is 0 Å². The van der Waals surface area contributed by atoms with Gasteiger partial charge in [0.1, 0.15) is 0 Å². The Morgan fingerprint density at radius 1 is 0.574 bits per heavy atom. The number of anilines is 3. The van der Waals surface area contributed by atoms with Gasteiger partial charge in [-0.05, 0) is 137 Å². The van der Waals surface area contributed by atoms with Crippen molar-refractivity contribution in [3.63, 3.8) is 0 Å². The van der Waals surface area contributed by atoms with Crippen molar-refractivity contribution < 1.29 is 0 Å². The highest BCUT2D eigenvalue weighted by atomic mass is 15.1. The van der Waals surface area contributed by atoms with Gasteiger partial charge in [-0.3, -0.25) is 0 Å². The zero-order valence-corrected chi connectivity index (χ0v) is 28.1. The predicted molar refractivity (Wildman–Crippen MR) is 198 cm³/mol. The lowest BCUT2D eigenvalue weighted by Crippen LogP contribution is -2.18. The first-order valence-electron chi connectivity index (χ1n) is 18.4. The molecule has 0 N–H and O–H groups in total. The molecule has 0 saturated heterocycles. The Balaban J connectivity index is 1.15. The molecule has 3 saturated carbocycles. The van der Waals surface area contributed by atoms with E-state index in [1.165, 1.54) is 114 Å². The van der Waals surface area contributed by atoms with Crippen LogP contribution in [0, 0.1) is 11.8 Å². The summed E-state index contributed by atoms with van der Waals surface area (Å²) in [5, 5.41) is 0. The molecule has 5 aromatic rings. The fourth-order valence-electron chi connectivity index (χ4n) is 10.1. The van der Waals surface area contributed by atoms with Crippen LogP contribution in [-0.2, 0) is 5.41 Å². The van der Waals surface area contributed by atoms with Crippen molar-refractivity contribution in [1.29, 1.82) is 0 Å². The van der Waals surface area contributed by atoms with Gasteiger partial charge in [0.15, 0.2) is 0 Å². The maximum absolute atomic E-state index is 2.59. The summed E-state index contributed by atoms with van der Waals surface area (Å²) in [6.07, 6.45) is 12.4. The number of hydrogen-bond donors (Lipinski definition) is 0. The third-order valence-electron chi connectivity index (χ3n) is 12.6. The van der Waals surface area contributed by atoms with Crippen molar-refractivity contribution in [1.82, 2.24) is 0 Å². The summed E-state index contributed by atoms with van der Waals surface area (Å²) in [5.41, 5.74) is 15.1. The molecule has 0 heterocycles. The van der Waals surface area contributed by atoms with Crippen LogP contribution < -0.4 is 4.90 Å². The third kappa shape index (κ3) is 4.97. The Labute approximate surface area is 281 Å². The molecule has 3 unspecified atom stereocenters. The van der Waals surface area contributed by atoms with Crippen LogP contribution in [0.3, 0.4) is 0 Å². The molecule has 0 amide bonds. The molecule has 0 spiro atoms. The second-order valence-corrected chi connectivity index (χ2v) is 15.6. The molecule has 3 fully saturated rings. The molecule has 3 atom stereocenters. The molecule has 0 radical (unpaired) electrons. The van der Waals surface area contributed by atoms with Crippen molar-refractivity contribution in [2.24, 2.45) is 11.8 Å². The first-order chi connectivity index (χ1) is 23.0. The number of rotatable bonds is 6. The molecule has 4 aliphatic rings. The van der Waals surface area contributed by atoms with Crippen LogP contribution in [0.25, 0.3) is 22.3 Å². The van der Waals surface area contributed by atoms with Gasteiger partial charge < -0.3 is 4.90 Å². The maximum Gasteiger partial charge on any atom is 0.0496 e. The maximum atomic E-state index is 2.59. The number of fused-ring (bicyclic) bond motifs is 5. The van der Waals surface area contributed by atoms with E-state index in [-0.39, 0.29) is 5.41 Å². The second-order valence-electron chi connectivity index (χ2n) is 15.6. The van der Waals surface area contributed by atoms with Crippen LogP contribution in [0.5, 0.6) is 0 Å². The summed E-state index contributed by atoms with van der Waals surface area (Å²) in [7, 11) is 0. The molecule has 47 heavy (non-hydrogen) atoms. The first-order valence-corrected chi connectivity index (χ1v) is 18.4. The average molecular weight is 614 g/mol. The molecular weight excluding hydrogens is 567 g/mol. The Bertz CT molecular complexity index is 1910. The normalized spacial score (nSPS) is 22.6. The number of nitrogens with zero attached hydrogens (tertiary/aromatic N) is 1. The number of hydrogen-bond acceptors (Lipinski definition) is 1. The SMILES string of the molecule is CC1(C)c2ccc(-c3ccccc3)cc2-c2ccc(N(c3ccc(C4CC5CCC4C5)cc3)c3ccccc3C3CCCCC3)cc21. The van der Waals surface area contributed by atoms with Gasteiger partial charge in [0.25, 0.3) is 0 Å². The minimum Gasteiger partial charge on any atom is -0.310 e. The standard InChI is InChI=1S/C46H47N/c1-46(2)43-26-21-35(32-11-5-3-6-12-32)29-42(43)40-25-24-38(30-44(40)46)47(45-16-10-9-15-39(45)33-13-7-4-8-14-33)37-22-19-34(20-23-37)41-28-31-17-18-36(41)27-31/h3,5-6,9-12,15-16,19-26,29-31,33,36,41H,4,7-8,13-14,17-18,27-28H2,1-2H3. The Hall–Kier alpha value is -4.10. The lowest BCUT2D eigenvalue weighted by molar-refractivity contribution is 0.420. The molecule has 236 valence electrons. The van der Waals surface area contributed by atoms with Crippen molar-refractivity contribution >= 4 is 17.1 Å². The molecular formula is C46H47N. The van der Waals surface area contributed by atoms with Gasteiger partial charge in [-0.2, -0.15) is 0 Å². The quantitative estimate of drug-likeness (QED) is 0.184. The lowest BCUT2D eigenvalue weighted by atomic mass is 9.81. The predicted octanol–water partition coefficient (Wildman–Crippen LogP) is 13.1. The summed E-state index contributed by atoms with van der Waals surface area (Å²) in [5.74, 6) is 3.25. The summed E-state index contributed by atoms with van der Waals surface area (Å²) < 4.78 is 0. The summed E-state index contributed by atoms with van der Waals surface area (Å²) in [6.45, 7) is 4.82. The van der Waals surface area contributed by atoms with Gasteiger partial charge in [0.2, 0.25) is 0 Å². The molecule has 2 bridgehead atoms. The van der Waals surface area contributed by atoms with Crippen molar-refractivity contribution in [2.75, 3.05) is 4.90 Å². The van der Waals surface area contributed by atoms with Crippen LogP contribution in [0.15, 0.2) is 115 Å². The minimum atomic E-state index is -0.0733. The molecule has 1 nitrogen and oxygen atoms in total. The van der Waals surface area contributed by atoms with Gasteiger partial charge in [-0.1, -0.05) is 118 Å². The van der Waals surface area contributed by atoms with Crippen LogP contribution >= 0.6 is 0 Å². The summed E-state index contributed by atoms with van der Waals surface area (Å²) in [4.78, 5) is 2.59. The summed E-state index contributed by atoms with van der Waals surface area (Å²) >= 11 is 0. The topological polar surface area (TPSA) is 3.24 Å². The van der Waals surface area contributed by atoms with E-state index in [2.05, 4.69) is 134 Å².